The van der Waals surface area contributed by atoms with Crippen LogP contribution in [0.25, 0.3) is 5.57 Å². The number of hydrogen-bond donors (Lipinski definition) is 2. The van der Waals surface area contributed by atoms with Gasteiger partial charge in [-0.2, -0.15) is 0 Å². The SMILES string of the molecule is C/C(F)=C\CC/C=C(\C)CC1=C(c2ccccc2)C(C(=O)Nc2ccccc2)C(C(C)C)N1CCCCCCCO. The second-order valence-corrected chi connectivity index (χ2v) is 11.6. The Hall–Kier alpha value is -3.18. The van der Waals surface area contributed by atoms with Crippen LogP contribution >= 0.6 is 0 Å². The lowest BCUT2D eigenvalue weighted by molar-refractivity contribution is -0.119. The van der Waals surface area contributed by atoms with Crippen LogP contribution in [-0.2, 0) is 4.79 Å². The number of anilines is 1. The lowest BCUT2D eigenvalue weighted by atomic mass is 9.83. The largest absolute Gasteiger partial charge is 0.396 e. The zero-order valence-corrected chi connectivity index (χ0v) is 25.4. The summed E-state index contributed by atoms with van der Waals surface area (Å²) >= 11 is 0. The van der Waals surface area contributed by atoms with Crippen molar-refractivity contribution in [1.29, 1.82) is 0 Å². The highest BCUT2D eigenvalue weighted by Crippen LogP contribution is 2.46. The Morgan fingerprint density at radius 3 is 2.17 bits per heavy atom. The minimum Gasteiger partial charge on any atom is -0.396 e. The lowest BCUT2D eigenvalue weighted by Gasteiger charge is -2.35. The van der Waals surface area contributed by atoms with Gasteiger partial charge in [0.05, 0.1) is 11.7 Å². The third kappa shape index (κ3) is 9.71. The molecule has 0 radical (unpaired) electrons. The molecule has 0 aromatic heterocycles. The first-order chi connectivity index (χ1) is 19.8. The third-order valence-corrected chi connectivity index (χ3v) is 7.85. The van der Waals surface area contributed by atoms with Crippen LogP contribution in [0.4, 0.5) is 10.1 Å². The fourth-order valence-electron chi connectivity index (χ4n) is 5.95. The number of carbonyl (C=O) groups excluding carboxylic acids is 1. The molecular formula is C36H49FN2O2. The summed E-state index contributed by atoms with van der Waals surface area (Å²) < 4.78 is 13.2. The molecule has 1 amide bonds. The molecule has 2 aromatic rings. The first-order valence-electron chi connectivity index (χ1n) is 15.3. The van der Waals surface area contributed by atoms with Crippen molar-refractivity contribution in [2.75, 3.05) is 18.5 Å². The van der Waals surface area contributed by atoms with Gasteiger partial charge in [0.25, 0.3) is 0 Å². The molecule has 2 N–H and O–H groups in total. The summed E-state index contributed by atoms with van der Waals surface area (Å²) in [6.45, 7) is 9.22. The van der Waals surface area contributed by atoms with E-state index < -0.39 is 0 Å². The van der Waals surface area contributed by atoms with Crippen LogP contribution < -0.4 is 5.32 Å². The van der Waals surface area contributed by atoms with E-state index in [1.807, 2.05) is 36.4 Å². The van der Waals surface area contributed by atoms with Gasteiger partial charge in [0.2, 0.25) is 5.91 Å². The summed E-state index contributed by atoms with van der Waals surface area (Å²) in [5.74, 6) is -0.166. The first kappa shape index (κ1) is 32.3. The molecule has 2 atom stereocenters. The maximum atomic E-state index is 14.2. The van der Waals surface area contributed by atoms with E-state index in [1.54, 1.807) is 6.08 Å². The van der Waals surface area contributed by atoms with Gasteiger partial charge in [-0.25, -0.2) is 4.39 Å². The molecule has 5 heteroatoms. The fourth-order valence-corrected chi connectivity index (χ4v) is 5.95. The number of hydrogen-bond acceptors (Lipinski definition) is 3. The predicted molar refractivity (Wildman–Crippen MR) is 170 cm³/mol. The average molecular weight is 561 g/mol. The van der Waals surface area contributed by atoms with E-state index in [2.05, 4.69) is 61.3 Å². The van der Waals surface area contributed by atoms with E-state index in [0.717, 1.165) is 68.3 Å². The predicted octanol–water partition coefficient (Wildman–Crippen LogP) is 8.93. The molecule has 1 aliphatic heterocycles. The molecule has 41 heavy (non-hydrogen) atoms. The van der Waals surface area contributed by atoms with E-state index in [0.29, 0.717) is 6.42 Å². The number of aliphatic hydroxyl groups is 1. The van der Waals surface area contributed by atoms with Crippen molar-refractivity contribution in [2.24, 2.45) is 11.8 Å². The minimum atomic E-state index is -0.313. The minimum absolute atomic E-state index is 0.0295. The number of para-hydroxylation sites is 1. The molecule has 2 aromatic carbocycles. The van der Waals surface area contributed by atoms with Crippen LogP contribution in [0.1, 0.15) is 84.6 Å². The molecular weight excluding hydrogens is 511 g/mol. The lowest BCUT2D eigenvalue weighted by Crippen LogP contribution is -2.43. The van der Waals surface area contributed by atoms with Gasteiger partial charge in [-0.05, 0) is 68.7 Å². The second-order valence-electron chi connectivity index (χ2n) is 11.6. The number of benzene rings is 2. The van der Waals surface area contributed by atoms with Crippen molar-refractivity contribution in [1.82, 2.24) is 4.90 Å². The Kier molecular flexibility index (Phi) is 13.4. The van der Waals surface area contributed by atoms with Crippen LogP contribution in [0.2, 0.25) is 0 Å². The quantitative estimate of drug-likeness (QED) is 0.159. The molecule has 0 bridgehead atoms. The summed E-state index contributed by atoms with van der Waals surface area (Å²) in [5.41, 5.74) is 5.48. The van der Waals surface area contributed by atoms with Crippen molar-refractivity contribution >= 4 is 17.2 Å². The molecule has 2 unspecified atom stereocenters. The summed E-state index contributed by atoms with van der Waals surface area (Å²) in [7, 11) is 0. The number of nitrogens with zero attached hydrogens (tertiary/aromatic N) is 1. The number of aliphatic hydroxyl groups excluding tert-OH is 1. The molecule has 1 heterocycles. The second kappa shape index (κ2) is 16.9. The van der Waals surface area contributed by atoms with Gasteiger partial charge in [-0.15, -0.1) is 0 Å². The van der Waals surface area contributed by atoms with Crippen molar-refractivity contribution in [3.05, 3.63) is 95.5 Å². The standard InChI is InChI=1S/C36H49FN2O2/c1-27(2)35-34(36(41)38-31-22-12-9-13-23-31)33(30-20-10-8-11-21-30)32(26-28(3)18-14-15-19-29(4)37)39(35)24-16-6-5-7-17-25-40/h8-13,18-23,27,34-35,40H,5-7,14-17,24-26H2,1-4H3,(H,38,41)/b28-18+,29-19+. The molecule has 4 nitrogen and oxygen atoms in total. The van der Waals surface area contributed by atoms with E-state index in [4.69, 9.17) is 5.11 Å². The van der Waals surface area contributed by atoms with Crippen LogP contribution in [0.3, 0.4) is 0 Å². The van der Waals surface area contributed by atoms with Gasteiger partial charge in [-0.3, -0.25) is 4.79 Å². The molecule has 0 saturated heterocycles. The van der Waals surface area contributed by atoms with Gasteiger partial charge >= 0.3 is 0 Å². The van der Waals surface area contributed by atoms with E-state index in [9.17, 15) is 9.18 Å². The first-order valence-corrected chi connectivity index (χ1v) is 15.3. The van der Waals surface area contributed by atoms with Gasteiger partial charge in [0, 0.05) is 37.0 Å². The number of unbranched alkanes of at least 4 members (excludes halogenated alkanes) is 5. The number of nitrogens with one attached hydrogen (secondary N) is 1. The van der Waals surface area contributed by atoms with Crippen LogP contribution in [-0.4, -0.2) is 35.1 Å². The van der Waals surface area contributed by atoms with Crippen LogP contribution in [0, 0.1) is 11.8 Å². The van der Waals surface area contributed by atoms with Crippen molar-refractivity contribution < 1.29 is 14.3 Å². The summed E-state index contributed by atoms with van der Waals surface area (Å²) in [6, 6.07) is 20.1. The Bertz CT molecular complexity index is 1170. The summed E-state index contributed by atoms with van der Waals surface area (Å²) in [6.07, 6.45) is 11.2. The Morgan fingerprint density at radius 1 is 0.927 bits per heavy atom. The van der Waals surface area contributed by atoms with Gasteiger partial charge in [0.1, 0.15) is 0 Å². The van der Waals surface area contributed by atoms with E-state index >= 15 is 0 Å². The number of halogens is 1. The fraction of sp³-hybridized carbons (Fsp3) is 0.472. The Balaban J connectivity index is 2.02. The van der Waals surface area contributed by atoms with Crippen LogP contribution in [0.5, 0.6) is 0 Å². The van der Waals surface area contributed by atoms with Crippen molar-refractivity contribution in [3.63, 3.8) is 0 Å². The van der Waals surface area contributed by atoms with Crippen molar-refractivity contribution in [2.45, 2.75) is 85.1 Å². The molecule has 0 saturated carbocycles. The van der Waals surface area contributed by atoms with E-state index in [-0.39, 0.29) is 36.2 Å². The molecule has 0 fully saturated rings. The Labute approximate surface area is 247 Å². The number of rotatable bonds is 16. The summed E-state index contributed by atoms with van der Waals surface area (Å²) in [5, 5.41) is 12.4. The normalized spacial score (nSPS) is 18.0. The highest BCUT2D eigenvalue weighted by atomic mass is 19.1. The molecule has 222 valence electrons. The molecule has 1 aliphatic rings. The third-order valence-electron chi connectivity index (χ3n) is 7.85. The van der Waals surface area contributed by atoms with Gasteiger partial charge < -0.3 is 15.3 Å². The number of carbonyl (C=O) groups is 1. The number of allylic oxidation sites excluding steroid dienone is 4. The maximum absolute atomic E-state index is 14.2. The van der Waals surface area contributed by atoms with Crippen LogP contribution in [0.15, 0.2) is 89.9 Å². The zero-order chi connectivity index (χ0) is 29.6. The molecule has 3 rings (SSSR count). The maximum Gasteiger partial charge on any atom is 0.234 e. The average Bonchev–Trinajstić information content (AvgIpc) is 3.28. The number of amides is 1. The summed E-state index contributed by atoms with van der Waals surface area (Å²) in [4.78, 5) is 16.7. The Morgan fingerprint density at radius 2 is 1.54 bits per heavy atom. The molecule has 0 spiro atoms. The van der Waals surface area contributed by atoms with Gasteiger partial charge in [0.15, 0.2) is 0 Å². The smallest absolute Gasteiger partial charge is 0.234 e. The van der Waals surface area contributed by atoms with Gasteiger partial charge in [-0.1, -0.05) is 99.4 Å². The van der Waals surface area contributed by atoms with Crippen molar-refractivity contribution in [3.8, 4) is 0 Å². The molecule has 0 aliphatic carbocycles. The highest BCUT2D eigenvalue weighted by molar-refractivity contribution is 6.02. The highest BCUT2D eigenvalue weighted by Gasteiger charge is 2.45. The monoisotopic (exact) mass is 560 g/mol. The van der Waals surface area contributed by atoms with E-state index in [1.165, 1.54) is 18.2 Å². The zero-order valence-electron chi connectivity index (χ0n) is 25.4. The topological polar surface area (TPSA) is 52.6 Å².